The SMILES string of the molecule is CC1(C)CC(c2ccc(Cl)cc2)=C2CN3CCN(c4ccc(C(=O)NS(=O)(=O)c5ccc(NCC6CC(O)(C7CCC7)C6)c([N+](=O)[O-])c5)c(N5CCCOc6nc7[nH]ccc7cc65)c4)C[C@H]3COCCCO[C@@H]2C1. The van der Waals surface area contributed by atoms with Gasteiger partial charge >= 0.3 is 0 Å². The molecule has 6 aliphatic rings. The Kier molecular flexibility index (Phi) is 13.9. The molecule has 0 bridgehead atoms. The van der Waals surface area contributed by atoms with Crippen LogP contribution in [-0.2, 0) is 19.5 Å². The molecule has 392 valence electrons. The monoisotopic (exact) mass is 1050 g/mol. The first-order valence-corrected chi connectivity index (χ1v) is 28.0. The second kappa shape index (κ2) is 20.4. The van der Waals surface area contributed by atoms with Crippen molar-refractivity contribution in [1.29, 1.82) is 0 Å². The van der Waals surface area contributed by atoms with E-state index in [1.165, 1.54) is 23.3 Å². The third-order valence-electron chi connectivity index (χ3n) is 16.3. The zero-order valence-corrected chi connectivity index (χ0v) is 43.6. The molecule has 0 unspecified atom stereocenters. The maximum absolute atomic E-state index is 14.6. The smallest absolute Gasteiger partial charge is 0.293 e. The van der Waals surface area contributed by atoms with E-state index in [0.29, 0.717) is 106 Å². The van der Waals surface area contributed by atoms with Gasteiger partial charge in [0.2, 0.25) is 5.88 Å². The van der Waals surface area contributed by atoms with Crippen LogP contribution in [0, 0.1) is 27.4 Å². The summed E-state index contributed by atoms with van der Waals surface area (Å²) >= 11 is 6.38. The fourth-order valence-corrected chi connectivity index (χ4v) is 13.2. The number of rotatable bonds is 11. The lowest BCUT2D eigenvalue weighted by Crippen LogP contribution is -2.56. The molecule has 2 saturated heterocycles. The van der Waals surface area contributed by atoms with Crippen LogP contribution in [0.2, 0.25) is 5.02 Å². The summed E-state index contributed by atoms with van der Waals surface area (Å²) in [6.45, 7) is 10.2. The Bertz CT molecular complexity index is 3080. The van der Waals surface area contributed by atoms with Gasteiger partial charge in [0.25, 0.3) is 21.6 Å². The Morgan fingerprint density at radius 1 is 0.959 bits per heavy atom. The van der Waals surface area contributed by atoms with E-state index in [1.807, 2.05) is 41.3 Å². The number of hydrogen-bond donors (Lipinski definition) is 4. The highest BCUT2D eigenvalue weighted by Crippen LogP contribution is 2.51. The molecule has 0 radical (unpaired) electrons. The van der Waals surface area contributed by atoms with Gasteiger partial charge in [-0.15, -0.1) is 0 Å². The number of allylic oxidation sites excluding steroid dienone is 1. The maximum Gasteiger partial charge on any atom is 0.293 e. The topological polar surface area (TPSA) is 205 Å². The van der Waals surface area contributed by atoms with Gasteiger partial charge in [-0.2, -0.15) is 4.98 Å². The molecule has 2 atom stereocenters. The second-order valence-electron chi connectivity index (χ2n) is 22.0. The van der Waals surface area contributed by atoms with Crippen molar-refractivity contribution in [1.82, 2.24) is 19.6 Å². The molecule has 3 aliphatic heterocycles. The summed E-state index contributed by atoms with van der Waals surface area (Å²) in [5.41, 5.74) is 5.51. The number of carbonyl (C=O) groups excluding carboxylic acids is 1. The van der Waals surface area contributed by atoms with Crippen LogP contribution in [0.15, 0.2) is 89.5 Å². The number of piperazine rings is 1. The molecule has 19 heteroatoms. The van der Waals surface area contributed by atoms with Gasteiger partial charge < -0.3 is 39.4 Å². The number of nitrogens with one attached hydrogen (secondary N) is 3. The summed E-state index contributed by atoms with van der Waals surface area (Å²) in [5, 5.41) is 28.0. The number of carbonyl (C=O) groups is 1. The summed E-state index contributed by atoms with van der Waals surface area (Å²) in [6, 6.07) is 21.1. The lowest BCUT2D eigenvalue weighted by Gasteiger charge is -2.52. The van der Waals surface area contributed by atoms with Crippen molar-refractivity contribution in [2.24, 2.45) is 17.3 Å². The van der Waals surface area contributed by atoms with Crippen LogP contribution in [0.25, 0.3) is 16.6 Å². The number of benzene rings is 3. The predicted molar refractivity (Wildman–Crippen MR) is 285 cm³/mol. The van der Waals surface area contributed by atoms with Crippen LogP contribution in [0.4, 0.5) is 28.4 Å². The molecular weight excluding hydrogens is 984 g/mol. The highest BCUT2D eigenvalue weighted by Gasteiger charge is 2.50. The first kappa shape index (κ1) is 50.4. The van der Waals surface area contributed by atoms with E-state index < -0.39 is 37.0 Å². The zero-order chi connectivity index (χ0) is 51.4. The normalized spacial score (nSPS) is 24.7. The Labute approximate surface area is 436 Å². The number of nitrogens with zero attached hydrogens (tertiary/aromatic N) is 5. The molecular formula is C55H65ClN8O9S. The van der Waals surface area contributed by atoms with Gasteiger partial charge in [-0.05, 0) is 140 Å². The Morgan fingerprint density at radius 2 is 1.78 bits per heavy atom. The molecule has 1 amide bonds. The summed E-state index contributed by atoms with van der Waals surface area (Å²) in [5.74, 6) is -0.0788. The third-order valence-corrected chi connectivity index (χ3v) is 17.8. The summed E-state index contributed by atoms with van der Waals surface area (Å²) in [6.07, 6.45) is 9.36. The number of aliphatic hydroxyl groups is 1. The average Bonchev–Trinajstić information content (AvgIpc) is 3.70. The van der Waals surface area contributed by atoms with Gasteiger partial charge in [0.05, 0.1) is 52.0 Å². The molecule has 74 heavy (non-hydrogen) atoms. The zero-order valence-electron chi connectivity index (χ0n) is 42.0. The Hall–Kier alpha value is -5.76. The number of pyridine rings is 1. The van der Waals surface area contributed by atoms with Gasteiger partial charge in [0.1, 0.15) is 17.0 Å². The lowest BCUT2D eigenvalue weighted by atomic mass is 9.59. The van der Waals surface area contributed by atoms with Crippen molar-refractivity contribution in [3.8, 4) is 5.88 Å². The molecule has 5 aromatic rings. The van der Waals surface area contributed by atoms with E-state index in [9.17, 15) is 28.4 Å². The first-order chi connectivity index (χ1) is 35.6. The average molecular weight is 1050 g/mol. The van der Waals surface area contributed by atoms with Gasteiger partial charge in [-0.1, -0.05) is 44.0 Å². The summed E-state index contributed by atoms with van der Waals surface area (Å²) < 4.78 is 49.8. The number of halogens is 1. The van der Waals surface area contributed by atoms with Crippen molar-refractivity contribution in [3.63, 3.8) is 0 Å². The third kappa shape index (κ3) is 10.3. The molecule has 4 N–H and O–H groups in total. The summed E-state index contributed by atoms with van der Waals surface area (Å²) in [7, 11) is -4.63. The maximum atomic E-state index is 14.6. The molecule has 3 aromatic carbocycles. The lowest BCUT2D eigenvalue weighted by molar-refractivity contribution is -0.384. The highest BCUT2D eigenvalue weighted by atomic mass is 35.5. The van der Waals surface area contributed by atoms with Crippen LogP contribution in [-0.4, -0.2) is 123 Å². The minimum absolute atomic E-state index is 0.00664. The standard InChI is InChI=1S/C55H65ClN8O9S/c1-54(2)29-44(36-8-10-39(56)11-9-36)45-33-62-20-19-61(32-41(62)34-71-21-5-23-72-50(45)30-54)40-12-14-43(47(25-40)63-18-4-22-73-53-49(63)24-37-16-17-57-51(37)59-53)52(65)60-74(69,70)42-13-15-46(48(26-42)64(67)68)58-31-35-27-55(66,28-35)38-6-3-7-38/h8-17,24-26,35,38,41,50,58,66H,3-7,18-23,27-34H2,1-2H3,(H,57,59)(H,60,65)/t35?,41-,50+,55?/m0/s1. The molecule has 4 fully saturated rings. The van der Waals surface area contributed by atoms with Crippen LogP contribution < -0.4 is 24.6 Å². The van der Waals surface area contributed by atoms with Gasteiger partial charge in [0, 0.05) is 80.8 Å². The molecule has 17 nitrogen and oxygen atoms in total. The Morgan fingerprint density at radius 3 is 2.57 bits per heavy atom. The number of hydrogen-bond acceptors (Lipinski definition) is 14. The first-order valence-electron chi connectivity index (χ1n) is 26.1. The summed E-state index contributed by atoms with van der Waals surface area (Å²) in [4.78, 5) is 40.7. The van der Waals surface area contributed by atoms with E-state index in [2.05, 4.69) is 50.8 Å². The number of aromatic nitrogens is 2. The van der Waals surface area contributed by atoms with E-state index in [-0.39, 0.29) is 34.7 Å². The molecule has 0 spiro atoms. The quantitative estimate of drug-likeness (QED) is 0.0720. The number of amides is 1. The number of anilines is 4. The van der Waals surface area contributed by atoms with Crippen LogP contribution in [0.3, 0.4) is 0 Å². The van der Waals surface area contributed by atoms with E-state index in [1.54, 1.807) is 12.3 Å². The van der Waals surface area contributed by atoms with Crippen molar-refractivity contribution >= 4 is 72.6 Å². The number of nitro benzene ring substituents is 1. The van der Waals surface area contributed by atoms with E-state index in [4.69, 9.17) is 30.8 Å². The molecule has 5 heterocycles. The minimum atomic E-state index is -4.63. The highest BCUT2D eigenvalue weighted by molar-refractivity contribution is 7.90. The largest absolute Gasteiger partial charge is 0.476 e. The second-order valence-corrected chi connectivity index (χ2v) is 24.1. The van der Waals surface area contributed by atoms with Crippen LogP contribution >= 0.6 is 11.6 Å². The molecule has 2 aromatic heterocycles. The van der Waals surface area contributed by atoms with E-state index >= 15 is 0 Å². The minimum Gasteiger partial charge on any atom is -0.476 e. The number of ether oxygens (including phenoxy) is 3. The van der Waals surface area contributed by atoms with Gasteiger partial charge in [-0.3, -0.25) is 19.8 Å². The number of fused-ring (bicyclic) bond motifs is 4. The van der Waals surface area contributed by atoms with Gasteiger partial charge in [-0.25, -0.2) is 13.1 Å². The van der Waals surface area contributed by atoms with Crippen molar-refractivity contribution < 1.29 is 37.5 Å². The number of nitro groups is 1. The fourth-order valence-electron chi connectivity index (χ4n) is 12.1. The van der Waals surface area contributed by atoms with Crippen molar-refractivity contribution in [2.75, 3.05) is 80.8 Å². The molecule has 11 rings (SSSR count). The number of H-pyrrole nitrogens is 1. The Balaban J connectivity index is 0.887. The van der Waals surface area contributed by atoms with Crippen molar-refractivity contribution in [2.45, 2.75) is 94.3 Å². The van der Waals surface area contributed by atoms with Gasteiger partial charge in [0.15, 0.2) is 0 Å². The molecule has 2 saturated carbocycles. The number of aromatic amines is 1. The van der Waals surface area contributed by atoms with Crippen molar-refractivity contribution in [3.05, 3.63) is 111 Å². The fraction of sp³-hybridized carbons (Fsp3) is 0.491. The predicted octanol–water partition coefficient (Wildman–Crippen LogP) is 9.09. The van der Waals surface area contributed by atoms with Crippen LogP contribution in [0.1, 0.15) is 87.6 Å². The number of sulfonamides is 1. The molecule has 3 aliphatic carbocycles. The van der Waals surface area contributed by atoms with Crippen LogP contribution in [0.5, 0.6) is 5.88 Å². The van der Waals surface area contributed by atoms with E-state index in [0.717, 1.165) is 74.3 Å².